The molecule has 2 aromatic carbocycles. The van der Waals surface area contributed by atoms with Crippen molar-refractivity contribution in [2.75, 3.05) is 51.3 Å². The van der Waals surface area contributed by atoms with Crippen LogP contribution in [0.3, 0.4) is 0 Å². The van der Waals surface area contributed by atoms with Crippen LogP contribution in [0.2, 0.25) is 10.0 Å². The Morgan fingerprint density at radius 3 is 2.41 bits per heavy atom. The van der Waals surface area contributed by atoms with Crippen molar-refractivity contribution < 1.29 is 19.4 Å². The van der Waals surface area contributed by atoms with Gasteiger partial charge in [-0.2, -0.15) is 4.98 Å². The number of nitrogens with zero attached hydrogens (tertiary/aromatic N) is 8. The van der Waals surface area contributed by atoms with E-state index in [9.17, 15) is 14.7 Å². The summed E-state index contributed by atoms with van der Waals surface area (Å²) in [6.07, 6.45) is 3.48. The number of amides is 1. The van der Waals surface area contributed by atoms with Gasteiger partial charge in [0.2, 0.25) is 11.8 Å². The maximum absolute atomic E-state index is 14.1. The van der Waals surface area contributed by atoms with Crippen molar-refractivity contribution in [2.45, 2.75) is 52.1 Å². The van der Waals surface area contributed by atoms with Crippen molar-refractivity contribution >= 4 is 68.8 Å². The van der Waals surface area contributed by atoms with E-state index in [1.165, 1.54) is 11.1 Å². The molecule has 2 fully saturated rings. The number of aliphatic imine (C=N–C) groups is 1. The number of aromatic amines is 1. The molecule has 9 rings (SSSR count). The molecule has 16 heteroatoms. The summed E-state index contributed by atoms with van der Waals surface area (Å²) in [5.74, 6) is 1.74. The number of carboxylic acid groups (broad SMARTS) is 1. The first kappa shape index (κ1) is 39.2. The van der Waals surface area contributed by atoms with E-state index < -0.39 is 12.0 Å². The standard InChI is InChI=1S/C43H43Cl2N9O4S/c1-23-24(2)59-42-38(23)39(26-5-7-27(44)8-6-26)47-35(40-50-49-25(3)54(40)42)21-37(55)53-13-11-28(12-14-53)51-15-17-52(18-16-51)36-10-9-29(41(48-36)58-4)30-19-31-32(43(56)57)22-46-34(31)20-33(30)45/h5-10,19-20,22,28,35,46H,11-18,21H2,1-4H3,(H,56,57)/t35-/m0/s1. The molecule has 1 amide bonds. The number of thiophene rings is 1. The zero-order chi connectivity index (χ0) is 41.1. The van der Waals surface area contributed by atoms with Crippen LogP contribution in [-0.4, -0.2) is 110 Å². The number of nitrogens with one attached hydrogen (secondary N) is 1. The molecule has 59 heavy (non-hydrogen) atoms. The van der Waals surface area contributed by atoms with Crippen molar-refractivity contribution in [2.24, 2.45) is 4.99 Å². The number of pyridine rings is 1. The van der Waals surface area contributed by atoms with E-state index in [0.717, 1.165) is 78.1 Å². The van der Waals surface area contributed by atoms with Crippen molar-refractivity contribution in [1.29, 1.82) is 0 Å². The van der Waals surface area contributed by atoms with Gasteiger partial charge in [0.1, 0.15) is 22.7 Å². The first-order valence-corrected chi connectivity index (χ1v) is 21.3. The van der Waals surface area contributed by atoms with Crippen molar-refractivity contribution in [3.8, 4) is 22.0 Å². The maximum Gasteiger partial charge on any atom is 0.337 e. The van der Waals surface area contributed by atoms with Crippen molar-refractivity contribution in [3.63, 3.8) is 0 Å². The zero-order valence-electron chi connectivity index (χ0n) is 33.1. The van der Waals surface area contributed by atoms with Crippen LogP contribution in [0, 0.1) is 20.8 Å². The number of aromatic nitrogens is 5. The number of piperidine rings is 1. The number of fused-ring (bicyclic) bond motifs is 4. The molecule has 7 heterocycles. The maximum atomic E-state index is 14.1. The minimum atomic E-state index is -1.02. The van der Waals surface area contributed by atoms with Gasteiger partial charge in [-0.05, 0) is 75.6 Å². The monoisotopic (exact) mass is 851 g/mol. The average Bonchev–Trinajstić information content (AvgIpc) is 3.90. The molecule has 0 spiro atoms. The number of ether oxygens (including phenoxy) is 1. The summed E-state index contributed by atoms with van der Waals surface area (Å²) < 4.78 is 7.83. The first-order valence-electron chi connectivity index (χ1n) is 19.7. The number of carboxylic acids is 1. The van der Waals surface area contributed by atoms with Gasteiger partial charge < -0.3 is 24.6 Å². The smallest absolute Gasteiger partial charge is 0.337 e. The van der Waals surface area contributed by atoms with Crippen LogP contribution in [-0.2, 0) is 4.79 Å². The van der Waals surface area contributed by atoms with E-state index in [1.54, 1.807) is 30.6 Å². The number of piperazine rings is 1. The summed E-state index contributed by atoms with van der Waals surface area (Å²) in [5, 5.41) is 21.4. The molecule has 0 radical (unpaired) electrons. The molecule has 0 aliphatic carbocycles. The molecule has 6 aromatic rings. The van der Waals surface area contributed by atoms with Crippen LogP contribution < -0.4 is 9.64 Å². The average molecular weight is 853 g/mol. The second-order valence-corrected chi connectivity index (χ2v) is 17.4. The molecular weight excluding hydrogens is 810 g/mol. The van der Waals surface area contributed by atoms with Gasteiger partial charge in [0.15, 0.2) is 5.82 Å². The van der Waals surface area contributed by atoms with Gasteiger partial charge in [-0.15, -0.1) is 21.5 Å². The highest BCUT2D eigenvalue weighted by atomic mass is 35.5. The third-order valence-electron chi connectivity index (χ3n) is 12.0. The number of hydrogen-bond donors (Lipinski definition) is 2. The van der Waals surface area contributed by atoms with E-state index in [-0.39, 0.29) is 17.9 Å². The van der Waals surface area contributed by atoms with E-state index >= 15 is 0 Å². The van der Waals surface area contributed by atoms with Gasteiger partial charge in [0, 0.05) is 94.6 Å². The van der Waals surface area contributed by atoms with Gasteiger partial charge in [-0.1, -0.05) is 35.3 Å². The Hall–Kier alpha value is -5.28. The van der Waals surface area contributed by atoms with Gasteiger partial charge in [-0.3, -0.25) is 19.3 Å². The number of aryl methyl sites for hydroxylation is 2. The Morgan fingerprint density at radius 1 is 0.949 bits per heavy atom. The molecule has 4 aromatic heterocycles. The SMILES string of the molecule is COc1nc(N2CCN(C3CCN(C(=O)C[C@@H]4N=C(c5ccc(Cl)cc5)c5c(sc(C)c5C)-n5c(C)nnc54)CC3)CC2)ccc1-c1cc2c(C(=O)O)c[nH]c2cc1Cl. The van der Waals surface area contributed by atoms with Crippen LogP contribution in [0.4, 0.5) is 5.82 Å². The lowest BCUT2D eigenvalue weighted by Crippen LogP contribution is -2.54. The highest BCUT2D eigenvalue weighted by Crippen LogP contribution is 2.41. The minimum Gasteiger partial charge on any atom is -0.480 e. The molecular formula is C43H43Cl2N9O4S. The van der Waals surface area contributed by atoms with Crippen LogP contribution in [0.25, 0.3) is 27.0 Å². The fourth-order valence-corrected chi connectivity index (χ4v) is 10.3. The van der Waals surface area contributed by atoms with Crippen LogP contribution in [0.1, 0.15) is 68.9 Å². The first-order chi connectivity index (χ1) is 28.5. The van der Waals surface area contributed by atoms with Gasteiger partial charge in [0.05, 0.1) is 29.8 Å². The number of carbonyl (C=O) groups excluding carboxylic acids is 1. The fourth-order valence-electron chi connectivity index (χ4n) is 8.72. The summed E-state index contributed by atoms with van der Waals surface area (Å²) in [5.41, 5.74) is 6.17. The summed E-state index contributed by atoms with van der Waals surface area (Å²) >= 11 is 14.7. The topological polar surface area (TPSA) is 145 Å². The van der Waals surface area contributed by atoms with Crippen molar-refractivity contribution in [3.05, 3.63) is 104 Å². The number of benzene rings is 2. The third kappa shape index (κ3) is 7.15. The molecule has 2 N–H and O–H groups in total. The second-order valence-electron chi connectivity index (χ2n) is 15.4. The highest BCUT2D eigenvalue weighted by molar-refractivity contribution is 7.15. The Bertz CT molecular complexity index is 2640. The number of hydrogen-bond acceptors (Lipinski definition) is 10. The molecule has 0 bridgehead atoms. The lowest BCUT2D eigenvalue weighted by atomic mass is 9.99. The Kier molecular flexibility index (Phi) is 10.4. The number of halogens is 2. The zero-order valence-corrected chi connectivity index (χ0v) is 35.5. The number of H-pyrrole nitrogens is 1. The summed E-state index contributed by atoms with van der Waals surface area (Å²) in [7, 11) is 1.58. The van der Waals surface area contributed by atoms with Crippen molar-refractivity contribution in [1.82, 2.24) is 34.5 Å². The summed E-state index contributed by atoms with van der Waals surface area (Å²) in [6.45, 7) is 10.9. The van der Waals surface area contributed by atoms with Crippen LogP contribution >= 0.6 is 34.5 Å². The molecule has 2 saturated heterocycles. The molecule has 1 atom stereocenters. The van der Waals surface area contributed by atoms with Gasteiger partial charge >= 0.3 is 5.97 Å². The lowest BCUT2D eigenvalue weighted by Gasteiger charge is -2.43. The molecule has 0 saturated carbocycles. The molecule has 3 aliphatic heterocycles. The number of aromatic carboxylic acids is 1. The van der Waals surface area contributed by atoms with Gasteiger partial charge in [0.25, 0.3) is 0 Å². The molecule has 3 aliphatic rings. The Morgan fingerprint density at radius 2 is 1.69 bits per heavy atom. The van der Waals surface area contributed by atoms with E-state index in [2.05, 4.69) is 43.4 Å². The number of carbonyl (C=O) groups is 2. The van der Waals surface area contributed by atoms with E-state index in [4.69, 9.17) is 37.9 Å². The summed E-state index contributed by atoms with van der Waals surface area (Å²) in [6, 6.07) is 15.0. The largest absolute Gasteiger partial charge is 0.480 e. The minimum absolute atomic E-state index is 0.0722. The number of methoxy groups -OCH3 is 1. The van der Waals surface area contributed by atoms with E-state index in [1.807, 2.05) is 48.2 Å². The number of anilines is 1. The molecule has 13 nitrogen and oxygen atoms in total. The van der Waals surface area contributed by atoms with Gasteiger partial charge in [-0.25, -0.2) is 4.79 Å². The Labute approximate surface area is 355 Å². The second kappa shape index (κ2) is 15.7. The number of rotatable bonds is 8. The normalized spacial score (nSPS) is 17.5. The van der Waals surface area contributed by atoms with Crippen LogP contribution in [0.5, 0.6) is 5.88 Å². The van der Waals surface area contributed by atoms with E-state index in [0.29, 0.717) is 62.9 Å². The Balaban J connectivity index is 0.855. The molecule has 304 valence electrons. The van der Waals surface area contributed by atoms with Crippen LogP contribution in [0.15, 0.2) is 59.7 Å². The molecule has 0 unspecified atom stereocenters. The predicted octanol–water partition coefficient (Wildman–Crippen LogP) is 7.91. The fraction of sp³-hybridized carbons (Fsp3) is 0.349. The predicted molar refractivity (Wildman–Crippen MR) is 231 cm³/mol. The lowest BCUT2D eigenvalue weighted by molar-refractivity contribution is -0.133. The number of likely N-dealkylation sites (tertiary alicyclic amines) is 1. The summed E-state index contributed by atoms with van der Waals surface area (Å²) in [4.78, 5) is 47.0. The third-order valence-corrected chi connectivity index (χ3v) is 13.8. The highest BCUT2D eigenvalue weighted by Gasteiger charge is 2.35. The quantitative estimate of drug-likeness (QED) is 0.156.